The van der Waals surface area contributed by atoms with Crippen molar-refractivity contribution in [3.05, 3.63) is 230 Å². The molecule has 11 rings (SSSR count). The Morgan fingerprint density at radius 3 is 1.36 bits per heavy atom. The van der Waals surface area contributed by atoms with Crippen LogP contribution in [-0.2, 0) is 5.41 Å². The smallest absolute Gasteiger partial charge is 0.0621 e. The van der Waals surface area contributed by atoms with E-state index in [4.69, 9.17) is 0 Å². The van der Waals surface area contributed by atoms with Crippen LogP contribution in [0.15, 0.2) is 218 Å². The Morgan fingerprint density at radius 2 is 0.780 bits per heavy atom. The van der Waals surface area contributed by atoms with E-state index in [-0.39, 0.29) is 5.41 Å². The molecule has 0 aliphatic heterocycles. The minimum Gasteiger partial charge on any atom is -0.310 e. The van der Waals surface area contributed by atoms with Crippen LogP contribution < -0.4 is 9.80 Å². The Morgan fingerprint density at radius 1 is 0.339 bits per heavy atom. The second kappa shape index (κ2) is 14.7. The average Bonchev–Trinajstić information content (AvgIpc) is 3.91. The highest BCUT2D eigenvalue weighted by Crippen LogP contribution is 2.62. The van der Waals surface area contributed by atoms with Gasteiger partial charge in [0, 0.05) is 44.8 Å². The summed E-state index contributed by atoms with van der Waals surface area (Å²) in [4.78, 5) is 4.95. The maximum atomic E-state index is 2.54. The first kappa shape index (κ1) is 35.0. The van der Waals surface area contributed by atoms with Crippen LogP contribution in [0.1, 0.15) is 36.8 Å². The molecule has 0 atom stereocenters. The lowest BCUT2D eigenvalue weighted by molar-refractivity contribution is 0.550. The second-order valence-electron chi connectivity index (χ2n) is 16.1. The van der Waals surface area contributed by atoms with Crippen molar-refractivity contribution in [1.29, 1.82) is 0 Å². The van der Waals surface area contributed by atoms with Gasteiger partial charge in [0.25, 0.3) is 0 Å². The Labute approximate surface area is 347 Å². The first-order valence-electron chi connectivity index (χ1n) is 21.0. The summed E-state index contributed by atoms with van der Waals surface area (Å²) in [6.45, 7) is 0. The highest BCUT2D eigenvalue weighted by atomic mass is 15.2. The number of fused-ring (bicyclic) bond motifs is 6. The van der Waals surface area contributed by atoms with Crippen LogP contribution in [0, 0.1) is 0 Å². The molecule has 0 heterocycles. The molecule has 282 valence electrons. The molecular formula is C57H44N2. The third kappa shape index (κ3) is 6.03. The van der Waals surface area contributed by atoms with Gasteiger partial charge in [0.1, 0.15) is 0 Å². The van der Waals surface area contributed by atoms with Gasteiger partial charge in [-0.25, -0.2) is 0 Å². The molecule has 0 saturated heterocycles. The Kier molecular flexibility index (Phi) is 8.70. The predicted molar refractivity (Wildman–Crippen MR) is 249 cm³/mol. The summed E-state index contributed by atoms with van der Waals surface area (Å²) in [5, 5.41) is 2.54. The number of anilines is 6. The summed E-state index contributed by atoms with van der Waals surface area (Å²) >= 11 is 0. The lowest BCUT2D eigenvalue weighted by atomic mass is 9.76. The van der Waals surface area contributed by atoms with Crippen molar-refractivity contribution >= 4 is 44.9 Å². The Balaban J connectivity index is 1.12. The van der Waals surface area contributed by atoms with Crippen molar-refractivity contribution in [2.75, 3.05) is 9.80 Å². The van der Waals surface area contributed by atoms with E-state index < -0.39 is 0 Å². The monoisotopic (exact) mass is 756 g/mol. The molecule has 0 radical (unpaired) electrons. The van der Waals surface area contributed by atoms with Gasteiger partial charge in [0.15, 0.2) is 0 Å². The van der Waals surface area contributed by atoms with Gasteiger partial charge in [0.2, 0.25) is 0 Å². The normalized spacial score (nSPS) is 13.6. The molecular weight excluding hydrogens is 713 g/mol. The van der Waals surface area contributed by atoms with E-state index in [2.05, 4.69) is 228 Å². The molecule has 0 bridgehead atoms. The minimum absolute atomic E-state index is 0.0709. The average molecular weight is 757 g/mol. The fourth-order valence-electron chi connectivity index (χ4n) is 10.0. The van der Waals surface area contributed by atoms with E-state index >= 15 is 0 Å². The molecule has 0 N–H and O–H groups in total. The predicted octanol–water partition coefficient (Wildman–Crippen LogP) is 16.0. The van der Waals surface area contributed by atoms with E-state index in [9.17, 15) is 0 Å². The molecule has 1 saturated carbocycles. The van der Waals surface area contributed by atoms with E-state index in [1.807, 2.05) is 0 Å². The van der Waals surface area contributed by atoms with Crippen LogP contribution in [0.5, 0.6) is 0 Å². The summed E-state index contributed by atoms with van der Waals surface area (Å²) in [6.07, 6.45) is 4.72. The van der Waals surface area contributed by atoms with Gasteiger partial charge in [-0.05, 0) is 124 Å². The molecule has 0 aromatic heterocycles. The van der Waals surface area contributed by atoms with Gasteiger partial charge in [-0.15, -0.1) is 0 Å². The Bertz CT molecular complexity index is 2900. The molecule has 0 amide bonds. The standard InChI is InChI=1S/C57H44N2/c1-5-17-41(18-6-1)43-27-31-48(32-28-43)58(46-22-9-3-10-23-46)50-35-36-52-53(40-50)57(37-15-16-38-57)54-39-45-21-13-14-26-51(45)56(55(52)54)59(47-24-11-4-12-25-47)49-33-29-44(30-34-49)42-19-7-2-8-20-42/h1-14,17-36,39-40H,15-16,37-38H2. The van der Waals surface area contributed by atoms with E-state index in [1.54, 1.807) is 0 Å². The van der Waals surface area contributed by atoms with Crippen molar-refractivity contribution < 1.29 is 0 Å². The summed E-state index contributed by atoms with van der Waals surface area (Å²) in [5.74, 6) is 0. The van der Waals surface area contributed by atoms with Gasteiger partial charge in [0.05, 0.1) is 5.69 Å². The highest BCUT2D eigenvalue weighted by molar-refractivity contribution is 6.10. The zero-order valence-electron chi connectivity index (χ0n) is 33.0. The lowest BCUT2D eigenvalue weighted by Gasteiger charge is -2.31. The third-order valence-corrected chi connectivity index (χ3v) is 12.8. The van der Waals surface area contributed by atoms with Gasteiger partial charge in [-0.2, -0.15) is 0 Å². The molecule has 1 fully saturated rings. The van der Waals surface area contributed by atoms with Crippen LogP contribution in [0.4, 0.5) is 34.1 Å². The lowest BCUT2D eigenvalue weighted by Crippen LogP contribution is -2.21. The minimum atomic E-state index is -0.0709. The van der Waals surface area contributed by atoms with Crippen molar-refractivity contribution in [2.24, 2.45) is 0 Å². The number of benzene rings is 9. The maximum Gasteiger partial charge on any atom is 0.0621 e. The van der Waals surface area contributed by atoms with Crippen LogP contribution in [0.3, 0.4) is 0 Å². The first-order chi connectivity index (χ1) is 29.2. The van der Waals surface area contributed by atoms with Crippen LogP contribution >= 0.6 is 0 Å². The van der Waals surface area contributed by atoms with Crippen LogP contribution in [0.25, 0.3) is 44.2 Å². The number of hydrogen-bond donors (Lipinski definition) is 0. The second-order valence-corrected chi connectivity index (χ2v) is 16.1. The number of para-hydroxylation sites is 2. The van der Waals surface area contributed by atoms with Gasteiger partial charge >= 0.3 is 0 Å². The van der Waals surface area contributed by atoms with Crippen LogP contribution in [0.2, 0.25) is 0 Å². The number of hydrogen-bond acceptors (Lipinski definition) is 2. The fourth-order valence-corrected chi connectivity index (χ4v) is 10.0. The molecule has 2 heteroatoms. The Hall–Kier alpha value is -7.16. The number of rotatable bonds is 8. The molecule has 2 aliphatic rings. The summed E-state index contributed by atoms with van der Waals surface area (Å²) in [6, 6.07) is 80.2. The molecule has 0 unspecified atom stereocenters. The van der Waals surface area contributed by atoms with E-state index in [1.165, 1.54) is 79.5 Å². The topological polar surface area (TPSA) is 6.48 Å². The SMILES string of the molecule is c1ccc(-c2ccc(N(c3ccccc3)c3ccc4c(c3)C3(CCCC3)c3cc5ccccc5c(N(c5ccccc5)c5ccc(-c6ccccc6)cc5)c3-4)cc2)cc1. The van der Waals surface area contributed by atoms with Crippen molar-refractivity contribution in [2.45, 2.75) is 31.1 Å². The van der Waals surface area contributed by atoms with Crippen LogP contribution in [-0.4, -0.2) is 0 Å². The van der Waals surface area contributed by atoms with Crippen molar-refractivity contribution in [1.82, 2.24) is 0 Å². The fraction of sp³-hybridized carbons (Fsp3) is 0.0877. The molecule has 2 aliphatic carbocycles. The highest BCUT2D eigenvalue weighted by Gasteiger charge is 2.47. The third-order valence-electron chi connectivity index (χ3n) is 12.8. The molecule has 1 spiro atoms. The van der Waals surface area contributed by atoms with Gasteiger partial charge in [-0.3, -0.25) is 0 Å². The van der Waals surface area contributed by atoms with Crippen molar-refractivity contribution in [3.63, 3.8) is 0 Å². The van der Waals surface area contributed by atoms with E-state index in [0.29, 0.717) is 0 Å². The molecule has 2 nitrogen and oxygen atoms in total. The zero-order valence-corrected chi connectivity index (χ0v) is 33.0. The summed E-state index contributed by atoms with van der Waals surface area (Å²) < 4.78 is 0. The van der Waals surface area contributed by atoms with Crippen molar-refractivity contribution in [3.8, 4) is 33.4 Å². The molecule has 59 heavy (non-hydrogen) atoms. The molecule has 9 aromatic carbocycles. The number of nitrogens with zero attached hydrogens (tertiary/aromatic N) is 2. The zero-order chi connectivity index (χ0) is 39.2. The summed E-state index contributed by atoms with van der Waals surface area (Å²) in [7, 11) is 0. The first-order valence-corrected chi connectivity index (χ1v) is 21.0. The van der Waals surface area contributed by atoms with E-state index in [0.717, 1.165) is 35.6 Å². The molecule has 9 aromatic rings. The quantitative estimate of drug-likeness (QED) is 0.152. The van der Waals surface area contributed by atoms with Gasteiger partial charge < -0.3 is 9.80 Å². The summed E-state index contributed by atoms with van der Waals surface area (Å²) in [5.41, 5.74) is 17.5. The maximum absolute atomic E-state index is 2.54. The largest absolute Gasteiger partial charge is 0.310 e. The van der Waals surface area contributed by atoms with Gasteiger partial charge in [-0.1, -0.05) is 165 Å².